The Morgan fingerprint density at radius 2 is 0.452 bits per heavy atom. The van der Waals surface area contributed by atoms with Crippen molar-refractivity contribution in [3.8, 4) is 0 Å². The van der Waals surface area contributed by atoms with Crippen molar-refractivity contribution < 1.29 is 168 Å². The maximum atomic E-state index is 11.8. The van der Waals surface area contributed by atoms with Crippen molar-refractivity contribution in [2.75, 3.05) is 70.8 Å². The van der Waals surface area contributed by atoms with Crippen LogP contribution < -0.4 is 11.1 Å². The van der Waals surface area contributed by atoms with Crippen LogP contribution in [0, 0.1) is 0 Å². The lowest BCUT2D eigenvalue weighted by Gasteiger charge is -2.50. The van der Waals surface area contributed by atoms with Crippen LogP contribution in [0.1, 0.15) is 0 Å². The predicted molar refractivity (Wildman–Crippen MR) is 268 cm³/mol. The summed E-state index contributed by atoms with van der Waals surface area (Å²) in [4.78, 5) is 0. The number of nitrogens with one attached hydrogen (secondary N) is 1. The highest BCUT2D eigenvalue weighted by Crippen LogP contribution is 2.39. The molecule has 36 nitrogen and oxygen atoms in total. The van der Waals surface area contributed by atoms with Gasteiger partial charge in [-0.1, -0.05) is 21.6 Å². The average Bonchev–Trinajstić information content (AvgIpc) is 2.01. The zero-order valence-corrected chi connectivity index (χ0v) is 46.2. The number of ether oxygens (including phenoxy) is 14. The number of rotatable bonds is 14. The molecule has 84 heavy (non-hydrogen) atoms. The standard InChI is InChI=1S/C46H80N2O34S2/c47-1-3-83-84-4-2-48-5-12-33-19(55)26(62)40(69-12)77-34-13(6-49)71-42(28(64)21(34)57)79-36-15(8-51)73-44(30(66)23(36)59)81-38-17(10-53)75-46(32(68)25(38)61)82-39-18(11-54)74-45(31(67)24(39)60)80-37-16(9-52)72-43(29(65)22(37)58)78-35-14(7-50)70-41(76-33)27(63)20(35)56/h12-46,48-68H,1-11,47H2/t12-,13-,14-,15-,16-,17-,18-,19-,20-,21-,22-,23-,24-,25-,26-,27-,28-,29-,30-,31-,32-,33-,34-,35-,36-,37-,38-,39-,40-,41-,42-,43-,44-,45-,46-/m1/s1. The summed E-state index contributed by atoms with van der Waals surface area (Å²) in [6.45, 7) is -5.70. The molecule has 14 bridgehead atoms. The van der Waals surface area contributed by atoms with Gasteiger partial charge in [0, 0.05) is 31.1 Å². The Labute approximate surface area is 485 Å². The van der Waals surface area contributed by atoms with Crippen LogP contribution >= 0.6 is 21.6 Å². The first-order valence-electron chi connectivity index (χ1n) is 27.2. The summed E-state index contributed by atoms with van der Waals surface area (Å²) in [5, 5.41) is 226. The molecular weight excluding hydrogens is 1190 g/mol. The number of aliphatic hydroxyl groups is 20. The molecule has 21 fully saturated rings. The molecule has 23 N–H and O–H groups in total. The Hall–Kier alpha value is -0.740. The smallest absolute Gasteiger partial charge is 0.187 e. The fraction of sp³-hybridized carbons (Fsp3) is 1.00. The van der Waals surface area contributed by atoms with E-state index in [-0.39, 0.29) is 6.54 Å². The molecule has 38 heteroatoms. The van der Waals surface area contributed by atoms with Crippen molar-refractivity contribution in [2.45, 2.75) is 215 Å². The number of hydrogen-bond acceptors (Lipinski definition) is 38. The summed E-state index contributed by atoms with van der Waals surface area (Å²) < 4.78 is 81.3. The average molecular weight is 1270 g/mol. The molecule has 0 aliphatic carbocycles. The molecular formula is C46H80N2O34S2. The van der Waals surface area contributed by atoms with Gasteiger partial charge in [-0.2, -0.15) is 0 Å². The molecule has 21 heterocycles. The second kappa shape index (κ2) is 31.1. The largest absolute Gasteiger partial charge is 0.394 e. The highest BCUT2D eigenvalue weighted by Gasteiger charge is 2.59. The molecule has 0 aromatic rings. The van der Waals surface area contributed by atoms with Crippen molar-refractivity contribution in [1.29, 1.82) is 0 Å². The van der Waals surface area contributed by atoms with Gasteiger partial charge in [0.1, 0.15) is 171 Å². The molecule has 21 aliphatic heterocycles. The molecule has 0 saturated carbocycles. The number of aliphatic hydroxyl groups excluding tert-OH is 20. The lowest BCUT2D eigenvalue weighted by Crippen LogP contribution is -2.68. The van der Waals surface area contributed by atoms with Crippen molar-refractivity contribution in [3.63, 3.8) is 0 Å². The number of nitrogens with two attached hydrogens (primary N) is 1. The Morgan fingerprint density at radius 1 is 0.262 bits per heavy atom. The van der Waals surface area contributed by atoms with Gasteiger partial charge in [-0.25, -0.2) is 0 Å². The van der Waals surface area contributed by atoms with Crippen LogP contribution in [0.2, 0.25) is 0 Å². The van der Waals surface area contributed by atoms with Crippen LogP contribution in [0.4, 0.5) is 0 Å². The van der Waals surface area contributed by atoms with Gasteiger partial charge >= 0.3 is 0 Å². The molecule has 0 aromatic carbocycles. The molecule has 21 rings (SSSR count). The van der Waals surface area contributed by atoms with Crippen LogP contribution in [0.25, 0.3) is 0 Å². The maximum absolute atomic E-state index is 11.8. The van der Waals surface area contributed by atoms with Gasteiger partial charge in [0.05, 0.1) is 39.6 Å². The molecule has 35 atom stereocenters. The zero-order chi connectivity index (χ0) is 61.0. The van der Waals surface area contributed by atoms with E-state index >= 15 is 0 Å². The predicted octanol–water partition coefficient (Wildman–Crippen LogP) is -14.3. The normalized spacial score (nSPS) is 51.8. The molecule has 21 saturated heterocycles. The van der Waals surface area contributed by atoms with Gasteiger partial charge in [0.2, 0.25) is 0 Å². The van der Waals surface area contributed by atoms with Crippen molar-refractivity contribution in [1.82, 2.24) is 5.32 Å². The van der Waals surface area contributed by atoms with Crippen molar-refractivity contribution in [2.24, 2.45) is 5.73 Å². The second-order valence-corrected chi connectivity index (χ2v) is 23.8. The first-order chi connectivity index (χ1) is 40.2. The van der Waals surface area contributed by atoms with E-state index < -0.39 is 255 Å². The lowest BCUT2D eigenvalue weighted by atomic mass is 9.95. The van der Waals surface area contributed by atoms with E-state index in [1.54, 1.807) is 0 Å². The minimum absolute atomic E-state index is 0.225. The van der Waals surface area contributed by atoms with E-state index in [0.29, 0.717) is 24.6 Å². The molecule has 0 amide bonds. The van der Waals surface area contributed by atoms with Crippen molar-refractivity contribution >= 4 is 21.6 Å². The van der Waals surface area contributed by atoms with Crippen LogP contribution in [0.3, 0.4) is 0 Å². The summed E-state index contributed by atoms with van der Waals surface area (Å²) in [6.07, 6.45) is -69.1. The monoisotopic (exact) mass is 1270 g/mol. The highest BCUT2D eigenvalue weighted by molar-refractivity contribution is 8.76. The first kappa shape index (κ1) is 69.2. The van der Waals surface area contributed by atoms with Gasteiger partial charge in [0.25, 0.3) is 0 Å². The Morgan fingerprint density at radius 3 is 0.655 bits per heavy atom. The summed E-state index contributed by atoms with van der Waals surface area (Å²) in [5.74, 6) is 1.16. The van der Waals surface area contributed by atoms with Crippen LogP contribution in [0.15, 0.2) is 0 Å². The minimum Gasteiger partial charge on any atom is -0.394 e. The Kier molecular flexibility index (Phi) is 25.6. The third kappa shape index (κ3) is 14.8. The van der Waals surface area contributed by atoms with Crippen molar-refractivity contribution in [3.05, 3.63) is 0 Å². The van der Waals surface area contributed by atoms with Gasteiger partial charge in [0.15, 0.2) is 44.0 Å². The van der Waals surface area contributed by atoms with E-state index in [1.165, 1.54) is 21.6 Å². The summed E-state index contributed by atoms with van der Waals surface area (Å²) in [7, 11) is 2.96. The quantitative estimate of drug-likeness (QED) is 0.0567. The Bertz CT molecular complexity index is 1960. The molecule has 0 radical (unpaired) electrons. The van der Waals surface area contributed by atoms with E-state index in [9.17, 15) is 102 Å². The Balaban J connectivity index is 1.08. The van der Waals surface area contributed by atoms with Gasteiger partial charge in [-0.3, -0.25) is 0 Å². The lowest BCUT2D eigenvalue weighted by molar-refractivity contribution is -0.396. The van der Waals surface area contributed by atoms with Crippen LogP contribution in [-0.4, -0.2) is 388 Å². The van der Waals surface area contributed by atoms with Crippen LogP contribution in [-0.2, 0) is 66.3 Å². The zero-order valence-electron chi connectivity index (χ0n) is 44.5. The molecule has 0 aromatic heterocycles. The van der Waals surface area contributed by atoms with E-state index in [4.69, 9.17) is 72.0 Å². The topological polar surface area (TPSA) is 572 Å². The SMILES string of the molecule is NCCSSCCNC[C@H]1O[C@@H]2O[C@H]3[C@H](O)[C@@H](O)[C@@H](O[C@H]4[C@H](O)[C@@H](O)[C@@H](O[C@H]5[C@H](O)[C@@H](O)[C@@H](O[C@H]6[C@H](O)[C@@H](O)[C@@H](O[C@H]7[C@H](O)[C@@H](O)[C@@H](O[C@H]8[C@H](O)[C@@H](O)[C@@H](O[C@H]1[C@H](O)[C@H]2O)O[C@@H]8CO)O[C@@H]7CO)O[C@@H]6CO)O[C@@H]5CO)O[C@@H]4CO)O[C@@H]3CO. The fourth-order valence-corrected chi connectivity index (χ4v) is 12.8. The summed E-state index contributed by atoms with van der Waals surface area (Å²) in [6, 6.07) is 0. The third-order valence-corrected chi connectivity index (χ3v) is 18.0. The van der Waals surface area contributed by atoms with Gasteiger partial charge in [-0.05, 0) is 0 Å². The molecule has 21 aliphatic rings. The summed E-state index contributed by atoms with van der Waals surface area (Å²) >= 11 is 0. The maximum Gasteiger partial charge on any atom is 0.187 e. The van der Waals surface area contributed by atoms with Gasteiger partial charge < -0.3 is 179 Å². The highest BCUT2D eigenvalue weighted by atomic mass is 33.1. The van der Waals surface area contributed by atoms with Gasteiger partial charge in [-0.15, -0.1) is 0 Å². The second-order valence-electron chi connectivity index (χ2n) is 21.1. The summed E-state index contributed by atoms with van der Waals surface area (Å²) in [5.41, 5.74) is 5.58. The third-order valence-electron chi connectivity index (χ3n) is 15.6. The van der Waals surface area contributed by atoms with E-state index in [1.807, 2.05) is 0 Å². The molecule has 0 spiro atoms. The van der Waals surface area contributed by atoms with Crippen LogP contribution in [0.5, 0.6) is 0 Å². The first-order valence-corrected chi connectivity index (χ1v) is 29.7. The van der Waals surface area contributed by atoms with E-state index in [2.05, 4.69) is 5.32 Å². The fourth-order valence-electron chi connectivity index (χ4n) is 11.0. The minimum atomic E-state index is -2.20. The van der Waals surface area contributed by atoms with E-state index in [0.717, 1.165) is 0 Å². The molecule has 0 unspecified atom stereocenters. The number of hydrogen-bond donors (Lipinski definition) is 22. The molecule has 490 valence electrons.